The second-order valence-corrected chi connectivity index (χ2v) is 10.6. The SMILES string of the molecule is CCCCCCCC1CCC(c2ccc([Si](OC)(OC)OC)cc2)CC1. The number of hydrogen-bond donors (Lipinski definition) is 0. The molecule has 1 aromatic carbocycles. The van der Waals surface area contributed by atoms with E-state index >= 15 is 0 Å². The molecular weight excluding hydrogens is 340 g/mol. The molecule has 0 unspecified atom stereocenters. The summed E-state index contributed by atoms with van der Waals surface area (Å²) in [6.07, 6.45) is 13.9. The molecule has 0 heterocycles. The molecule has 0 aliphatic heterocycles. The minimum atomic E-state index is -2.70. The lowest BCUT2D eigenvalue weighted by Gasteiger charge is -2.29. The van der Waals surface area contributed by atoms with E-state index in [0.717, 1.165) is 11.1 Å². The Morgan fingerprint density at radius 1 is 0.808 bits per heavy atom. The van der Waals surface area contributed by atoms with Crippen LogP contribution in [0.2, 0.25) is 0 Å². The summed E-state index contributed by atoms with van der Waals surface area (Å²) in [7, 11) is 2.29. The third-order valence-corrected chi connectivity index (χ3v) is 8.76. The Morgan fingerprint density at radius 2 is 1.38 bits per heavy atom. The van der Waals surface area contributed by atoms with Gasteiger partial charge in [-0.3, -0.25) is 0 Å². The van der Waals surface area contributed by atoms with Crippen molar-refractivity contribution in [2.75, 3.05) is 21.3 Å². The van der Waals surface area contributed by atoms with Crippen LogP contribution in [0.1, 0.15) is 82.6 Å². The van der Waals surface area contributed by atoms with Gasteiger partial charge in [0.1, 0.15) is 0 Å². The van der Waals surface area contributed by atoms with Crippen LogP contribution in [0, 0.1) is 5.92 Å². The van der Waals surface area contributed by atoms with E-state index in [1.54, 1.807) is 21.3 Å². The van der Waals surface area contributed by atoms with Crippen LogP contribution in [-0.2, 0) is 13.3 Å². The lowest BCUT2D eigenvalue weighted by molar-refractivity contribution is 0.140. The summed E-state index contributed by atoms with van der Waals surface area (Å²) in [5.41, 5.74) is 1.46. The van der Waals surface area contributed by atoms with Crippen LogP contribution in [0.3, 0.4) is 0 Å². The highest BCUT2D eigenvalue weighted by atomic mass is 28.4. The van der Waals surface area contributed by atoms with Crippen LogP contribution in [0.15, 0.2) is 24.3 Å². The average Bonchev–Trinajstić information content (AvgIpc) is 2.71. The lowest BCUT2D eigenvalue weighted by Crippen LogP contribution is -2.54. The molecule has 0 amide bonds. The molecule has 4 heteroatoms. The Morgan fingerprint density at radius 3 is 1.92 bits per heavy atom. The van der Waals surface area contributed by atoms with Gasteiger partial charge in [-0.15, -0.1) is 0 Å². The Bertz CT molecular complexity index is 482. The van der Waals surface area contributed by atoms with Crippen molar-refractivity contribution in [3.05, 3.63) is 29.8 Å². The normalized spacial score (nSPS) is 21.1. The quantitative estimate of drug-likeness (QED) is 0.381. The zero-order chi connectivity index (χ0) is 18.8. The Balaban J connectivity index is 1.82. The predicted octanol–water partition coefficient (Wildman–Crippen LogP) is 5.41. The Kier molecular flexibility index (Phi) is 9.33. The molecule has 2 rings (SSSR count). The molecule has 0 radical (unpaired) electrons. The van der Waals surface area contributed by atoms with Gasteiger partial charge in [0, 0.05) is 26.5 Å². The minimum Gasteiger partial charge on any atom is -0.373 e. The van der Waals surface area contributed by atoms with Gasteiger partial charge in [0.2, 0.25) is 0 Å². The molecule has 26 heavy (non-hydrogen) atoms. The van der Waals surface area contributed by atoms with Crippen LogP contribution in [-0.4, -0.2) is 30.1 Å². The van der Waals surface area contributed by atoms with Crippen molar-refractivity contribution < 1.29 is 13.3 Å². The van der Waals surface area contributed by atoms with Crippen LogP contribution >= 0.6 is 0 Å². The van der Waals surface area contributed by atoms with Gasteiger partial charge in [0.15, 0.2) is 0 Å². The van der Waals surface area contributed by atoms with E-state index in [9.17, 15) is 0 Å². The summed E-state index contributed by atoms with van der Waals surface area (Å²) in [5, 5.41) is 1.04. The van der Waals surface area contributed by atoms with Gasteiger partial charge >= 0.3 is 8.80 Å². The molecule has 0 saturated heterocycles. The monoisotopic (exact) mass is 378 g/mol. The lowest BCUT2D eigenvalue weighted by atomic mass is 9.77. The second-order valence-electron chi connectivity index (χ2n) is 7.71. The standard InChI is InChI=1S/C22H38O3Si/c1-5-6-7-8-9-10-19-11-13-20(14-12-19)21-15-17-22(18-16-21)26(23-2,24-3)25-4/h15-20H,5-14H2,1-4H3. The van der Waals surface area contributed by atoms with Gasteiger partial charge in [-0.05, 0) is 43.1 Å². The van der Waals surface area contributed by atoms with Crippen LogP contribution < -0.4 is 5.19 Å². The van der Waals surface area contributed by atoms with Crippen molar-refractivity contribution >= 4 is 14.0 Å². The highest BCUT2D eigenvalue weighted by Gasteiger charge is 2.40. The number of benzene rings is 1. The summed E-state index contributed by atoms with van der Waals surface area (Å²) >= 11 is 0. The smallest absolute Gasteiger partial charge is 0.373 e. The maximum absolute atomic E-state index is 5.58. The zero-order valence-electron chi connectivity index (χ0n) is 17.3. The van der Waals surface area contributed by atoms with Crippen molar-refractivity contribution in [2.45, 2.75) is 77.0 Å². The van der Waals surface area contributed by atoms with Crippen LogP contribution in [0.5, 0.6) is 0 Å². The maximum Gasteiger partial charge on any atom is 0.536 e. The maximum atomic E-state index is 5.58. The first-order valence-corrected chi connectivity index (χ1v) is 12.2. The summed E-state index contributed by atoms with van der Waals surface area (Å²) in [4.78, 5) is 0. The summed E-state index contributed by atoms with van der Waals surface area (Å²) < 4.78 is 16.7. The molecule has 0 aromatic heterocycles. The van der Waals surface area contributed by atoms with Crippen molar-refractivity contribution in [1.82, 2.24) is 0 Å². The highest BCUT2D eigenvalue weighted by Crippen LogP contribution is 2.37. The molecule has 0 atom stereocenters. The molecule has 1 aliphatic carbocycles. The van der Waals surface area contributed by atoms with Crippen molar-refractivity contribution in [2.24, 2.45) is 5.92 Å². The van der Waals surface area contributed by atoms with Gasteiger partial charge in [0.05, 0.1) is 0 Å². The van der Waals surface area contributed by atoms with Crippen molar-refractivity contribution in [3.8, 4) is 0 Å². The van der Waals surface area contributed by atoms with Crippen molar-refractivity contribution in [3.63, 3.8) is 0 Å². The number of rotatable bonds is 11. The first-order chi connectivity index (χ1) is 12.7. The fraction of sp³-hybridized carbons (Fsp3) is 0.727. The minimum absolute atomic E-state index is 0.712. The van der Waals surface area contributed by atoms with E-state index in [0.29, 0.717) is 5.92 Å². The first-order valence-electron chi connectivity index (χ1n) is 10.4. The number of unbranched alkanes of at least 4 members (excludes halogenated alkanes) is 4. The molecule has 0 N–H and O–H groups in total. The van der Waals surface area contributed by atoms with Gasteiger partial charge in [-0.2, -0.15) is 0 Å². The molecule has 0 spiro atoms. The fourth-order valence-electron chi connectivity index (χ4n) is 4.38. The van der Waals surface area contributed by atoms with E-state index in [-0.39, 0.29) is 0 Å². The van der Waals surface area contributed by atoms with Crippen LogP contribution in [0.4, 0.5) is 0 Å². The van der Waals surface area contributed by atoms with Gasteiger partial charge in [-0.1, -0.05) is 69.7 Å². The molecule has 1 fully saturated rings. The molecule has 148 valence electrons. The molecule has 0 bridgehead atoms. The second kappa shape index (κ2) is 11.2. The van der Waals surface area contributed by atoms with Gasteiger partial charge in [0.25, 0.3) is 0 Å². The van der Waals surface area contributed by atoms with E-state index in [2.05, 4.69) is 31.2 Å². The van der Waals surface area contributed by atoms with Gasteiger partial charge < -0.3 is 13.3 Å². The highest BCUT2D eigenvalue weighted by molar-refractivity contribution is 6.75. The van der Waals surface area contributed by atoms with E-state index < -0.39 is 8.80 Å². The first kappa shape index (κ1) is 21.6. The summed E-state index contributed by atoms with van der Waals surface area (Å²) in [6.45, 7) is 2.29. The van der Waals surface area contributed by atoms with E-state index in [1.807, 2.05) is 0 Å². The number of hydrogen-bond acceptors (Lipinski definition) is 3. The largest absolute Gasteiger partial charge is 0.536 e. The van der Waals surface area contributed by atoms with Gasteiger partial charge in [-0.25, -0.2) is 0 Å². The third kappa shape index (κ3) is 5.65. The molecule has 3 nitrogen and oxygen atoms in total. The molecule has 1 aromatic rings. The third-order valence-electron chi connectivity index (χ3n) is 6.10. The van der Waals surface area contributed by atoms with Crippen LogP contribution in [0.25, 0.3) is 0 Å². The van der Waals surface area contributed by atoms with Crippen molar-refractivity contribution in [1.29, 1.82) is 0 Å². The average molecular weight is 379 g/mol. The molecular formula is C22H38O3Si. The Hall–Kier alpha value is -0.683. The summed E-state index contributed by atoms with van der Waals surface area (Å²) in [6, 6.07) is 8.78. The molecule has 1 saturated carbocycles. The predicted molar refractivity (Wildman–Crippen MR) is 111 cm³/mol. The Labute approximate surface area is 161 Å². The fourth-order valence-corrected chi connectivity index (χ4v) is 6.17. The zero-order valence-corrected chi connectivity index (χ0v) is 18.3. The summed E-state index contributed by atoms with van der Waals surface area (Å²) in [5.74, 6) is 1.67. The topological polar surface area (TPSA) is 27.7 Å². The molecule has 1 aliphatic rings. The van der Waals surface area contributed by atoms with E-state index in [1.165, 1.54) is 69.8 Å². The van der Waals surface area contributed by atoms with E-state index in [4.69, 9.17) is 13.3 Å².